The molecule has 3 rings (SSSR count). The number of nitrogens with zero attached hydrogens (tertiary/aromatic N) is 5. The van der Waals surface area contributed by atoms with E-state index in [9.17, 15) is 0 Å². The Balaban J connectivity index is 1.62. The Morgan fingerprint density at radius 3 is 2.21 bits per heavy atom. The van der Waals surface area contributed by atoms with E-state index in [4.69, 9.17) is 0 Å². The lowest BCUT2D eigenvalue weighted by atomic mass is 9.91. The fourth-order valence-corrected chi connectivity index (χ4v) is 4.27. The second-order valence-corrected chi connectivity index (χ2v) is 8.81. The number of hydrogen-bond acceptors (Lipinski definition) is 4. The minimum Gasteiger partial charge on any atom is -0.314 e. The van der Waals surface area contributed by atoms with Gasteiger partial charge in [-0.15, -0.1) is 10.2 Å². The molecule has 2 fully saturated rings. The van der Waals surface area contributed by atoms with Gasteiger partial charge in [0.2, 0.25) is 0 Å². The van der Waals surface area contributed by atoms with Crippen molar-refractivity contribution < 1.29 is 0 Å². The van der Waals surface area contributed by atoms with Gasteiger partial charge < -0.3 is 9.47 Å². The highest BCUT2D eigenvalue weighted by Crippen LogP contribution is 2.29. The van der Waals surface area contributed by atoms with Crippen LogP contribution in [0.1, 0.15) is 70.9 Å². The van der Waals surface area contributed by atoms with E-state index in [1.807, 2.05) is 0 Å². The summed E-state index contributed by atoms with van der Waals surface area (Å²) in [6.07, 6.45) is 5.11. The molecule has 2 aliphatic heterocycles. The van der Waals surface area contributed by atoms with Crippen LogP contribution in [-0.2, 0) is 13.1 Å². The first-order valence-corrected chi connectivity index (χ1v) is 9.83. The van der Waals surface area contributed by atoms with E-state index in [0.29, 0.717) is 11.3 Å². The summed E-state index contributed by atoms with van der Waals surface area (Å²) in [6.45, 7) is 17.2. The molecule has 0 radical (unpaired) electrons. The Bertz CT molecular complexity index is 516. The van der Waals surface area contributed by atoms with Crippen molar-refractivity contribution in [1.82, 2.24) is 24.6 Å². The molecule has 0 aromatic carbocycles. The summed E-state index contributed by atoms with van der Waals surface area (Å²) in [5.41, 5.74) is 0.388. The molecule has 24 heavy (non-hydrogen) atoms. The van der Waals surface area contributed by atoms with Crippen LogP contribution in [0.2, 0.25) is 0 Å². The number of likely N-dealkylation sites (tertiary alicyclic amines) is 2. The molecule has 0 saturated carbocycles. The van der Waals surface area contributed by atoms with Crippen LogP contribution in [0.25, 0.3) is 0 Å². The fraction of sp³-hybridized carbons (Fsp3) is 0.895. The first kappa shape index (κ1) is 17.9. The third kappa shape index (κ3) is 4.37. The normalized spacial score (nSPS) is 21.7. The second-order valence-electron chi connectivity index (χ2n) is 8.81. The van der Waals surface area contributed by atoms with Crippen molar-refractivity contribution in [3.05, 3.63) is 11.6 Å². The van der Waals surface area contributed by atoms with E-state index in [1.54, 1.807) is 0 Å². The van der Waals surface area contributed by atoms with Crippen molar-refractivity contribution in [2.75, 3.05) is 32.7 Å². The zero-order valence-corrected chi connectivity index (χ0v) is 16.1. The molecule has 2 saturated heterocycles. The number of aromatic nitrogens is 3. The van der Waals surface area contributed by atoms with Crippen molar-refractivity contribution in [3.63, 3.8) is 0 Å². The van der Waals surface area contributed by atoms with Gasteiger partial charge in [-0.05, 0) is 64.2 Å². The van der Waals surface area contributed by atoms with E-state index in [-0.39, 0.29) is 0 Å². The van der Waals surface area contributed by atoms with Gasteiger partial charge in [0, 0.05) is 19.0 Å². The maximum Gasteiger partial charge on any atom is 0.147 e. The van der Waals surface area contributed by atoms with Gasteiger partial charge in [-0.2, -0.15) is 0 Å². The maximum atomic E-state index is 4.62. The summed E-state index contributed by atoms with van der Waals surface area (Å²) in [4.78, 5) is 5.14. The number of piperidine rings is 1. The van der Waals surface area contributed by atoms with Crippen molar-refractivity contribution in [1.29, 1.82) is 0 Å². The van der Waals surface area contributed by atoms with Gasteiger partial charge in [0.15, 0.2) is 0 Å². The molecule has 5 nitrogen and oxygen atoms in total. The molecule has 1 aromatic rings. The van der Waals surface area contributed by atoms with Crippen molar-refractivity contribution in [3.8, 4) is 0 Å². The molecule has 0 amide bonds. The molecule has 0 N–H and O–H groups in total. The average Bonchev–Trinajstić information content (AvgIpc) is 3.16. The van der Waals surface area contributed by atoms with Crippen LogP contribution in [-0.4, -0.2) is 57.3 Å². The molecule has 0 unspecified atom stereocenters. The van der Waals surface area contributed by atoms with Gasteiger partial charge in [-0.3, -0.25) is 4.90 Å². The van der Waals surface area contributed by atoms with E-state index in [2.05, 4.69) is 52.3 Å². The van der Waals surface area contributed by atoms with Crippen molar-refractivity contribution >= 4 is 0 Å². The molecule has 136 valence electrons. The topological polar surface area (TPSA) is 37.2 Å². The summed E-state index contributed by atoms with van der Waals surface area (Å²) >= 11 is 0. The monoisotopic (exact) mass is 333 g/mol. The van der Waals surface area contributed by atoms with Crippen LogP contribution in [0.3, 0.4) is 0 Å². The van der Waals surface area contributed by atoms with Crippen LogP contribution in [0.4, 0.5) is 0 Å². The standard InChI is InChI=1S/C19H35N5/c1-5-24-17(14-22-10-6-7-11-22)20-21-18(24)16-8-12-23(13-9-16)15-19(2,3)4/h16H,5-15H2,1-4H3. The fourth-order valence-electron chi connectivity index (χ4n) is 4.27. The predicted molar refractivity (Wildman–Crippen MR) is 98.1 cm³/mol. The van der Waals surface area contributed by atoms with Gasteiger partial charge in [-0.25, -0.2) is 0 Å². The van der Waals surface area contributed by atoms with Gasteiger partial charge in [-0.1, -0.05) is 20.8 Å². The van der Waals surface area contributed by atoms with E-state index >= 15 is 0 Å². The molecule has 2 aliphatic rings. The molecule has 5 heteroatoms. The van der Waals surface area contributed by atoms with Crippen LogP contribution < -0.4 is 0 Å². The first-order chi connectivity index (χ1) is 11.5. The summed E-state index contributed by atoms with van der Waals surface area (Å²) in [5, 5.41) is 9.18. The van der Waals surface area contributed by atoms with Crippen molar-refractivity contribution in [2.24, 2.45) is 5.41 Å². The maximum absolute atomic E-state index is 4.62. The average molecular weight is 334 g/mol. The second kappa shape index (κ2) is 7.52. The lowest BCUT2D eigenvalue weighted by molar-refractivity contribution is 0.151. The Hall–Kier alpha value is -0.940. The quantitative estimate of drug-likeness (QED) is 0.830. The van der Waals surface area contributed by atoms with Crippen LogP contribution in [0, 0.1) is 5.41 Å². The smallest absolute Gasteiger partial charge is 0.147 e. The highest BCUT2D eigenvalue weighted by atomic mass is 15.3. The summed E-state index contributed by atoms with van der Waals surface area (Å²) in [6, 6.07) is 0. The van der Waals surface area contributed by atoms with E-state index < -0.39 is 0 Å². The lowest BCUT2D eigenvalue weighted by Crippen LogP contribution is -2.39. The van der Waals surface area contributed by atoms with Gasteiger partial charge >= 0.3 is 0 Å². The Kier molecular flexibility index (Phi) is 5.60. The zero-order valence-electron chi connectivity index (χ0n) is 16.1. The highest BCUT2D eigenvalue weighted by Gasteiger charge is 2.28. The number of hydrogen-bond donors (Lipinski definition) is 0. The molecular weight excluding hydrogens is 298 g/mol. The molecular formula is C19H35N5. The lowest BCUT2D eigenvalue weighted by Gasteiger charge is -2.35. The molecule has 0 atom stereocenters. The SMILES string of the molecule is CCn1c(CN2CCCC2)nnc1C1CCN(CC(C)(C)C)CC1. The summed E-state index contributed by atoms with van der Waals surface area (Å²) in [7, 11) is 0. The van der Waals surface area contributed by atoms with E-state index in [1.165, 1.54) is 70.1 Å². The zero-order chi connectivity index (χ0) is 17.2. The first-order valence-electron chi connectivity index (χ1n) is 9.83. The molecule has 0 bridgehead atoms. The van der Waals surface area contributed by atoms with Gasteiger partial charge in [0.25, 0.3) is 0 Å². The Morgan fingerprint density at radius 1 is 0.958 bits per heavy atom. The third-order valence-electron chi connectivity index (χ3n) is 5.39. The predicted octanol–water partition coefficient (Wildman–Crippen LogP) is 3.12. The van der Waals surface area contributed by atoms with E-state index in [0.717, 1.165) is 13.1 Å². The largest absolute Gasteiger partial charge is 0.314 e. The molecule has 0 spiro atoms. The van der Waals surface area contributed by atoms with Crippen LogP contribution >= 0.6 is 0 Å². The summed E-state index contributed by atoms with van der Waals surface area (Å²) < 4.78 is 2.39. The highest BCUT2D eigenvalue weighted by molar-refractivity contribution is 5.04. The third-order valence-corrected chi connectivity index (χ3v) is 5.39. The summed E-state index contributed by atoms with van der Waals surface area (Å²) in [5.74, 6) is 3.00. The Labute approximate surface area is 147 Å². The van der Waals surface area contributed by atoms with Crippen LogP contribution in [0.5, 0.6) is 0 Å². The number of rotatable bonds is 5. The van der Waals surface area contributed by atoms with Gasteiger partial charge in [0.1, 0.15) is 11.6 Å². The minimum atomic E-state index is 0.388. The Morgan fingerprint density at radius 2 is 1.62 bits per heavy atom. The van der Waals surface area contributed by atoms with Crippen molar-refractivity contribution in [2.45, 2.75) is 72.4 Å². The molecule has 0 aliphatic carbocycles. The molecule has 3 heterocycles. The molecule has 1 aromatic heterocycles. The minimum absolute atomic E-state index is 0.388. The van der Waals surface area contributed by atoms with Gasteiger partial charge in [0.05, 0.1) is 6.54 Å². The van der Waals surface area contributed by atoms with Crippen LogP contribution in [0.15, 0.2) is 0 Å².